The maximum Gasteiger partial charge on any atom is 0.328 e. The van der Waals surface area contributed by atoms with Crippen LogP contribution in [0.3, 0.4) is 0 Å². The second-order valence-electron chi connectivity index (χ2n) is 7.94. The van der Waals surface area contributed by atoms with E-state index in [9.17, 15) is 14.4 Å². The van der Waals surface area contributed by atoms with Gasteiger partial charge in [0.05, 0.1) is 35.7 Å². The largest absolute Gasteiger partial charge is 0.467 e. The molecule has 3 aromatic carbocycles. The SMILES string of the molecule is COC(=O)[C@H](Cc1ccc(N2Cc3ccccc3CC2=O)cc1)NC(=O)c1c(Cl)cccc1Cl. The monoisotopic (exact) mass is 496 g/mol. The zero-order valence-electron chi connectivity index (χ0n) is 18.4. The summed E-state index contributed by atoms with van der Waals surface area (Å²) in [5.74, 6) is -1.13. The van der Waals surface area contributed by atoms with E-state index in [0.717, 1.165) is 22.4 Å². The Hall–Kier alpha value is -3.35. The highest BCUT2D eigenvalue weighted by Gasteiger charge is 2.26. The fourth-order valence-corrected chi connectivity index (χ4v) is 4.53. The number of hydrogen-bond acceptors (Lipinski definition) is 4. The van der Waals surface area contributed by atoms with Crippen molar-refractivity contribution in [2.24, 2.45) is 0 Å². The number of rotatable bonds is 6. The molecule has 0 radical (unpaired) electrons. The Balaban J connectivity index is 1.49. The molecule has 0 unspecified atom stereocenters. The van der Waals surface area contributed by atoms with Crippen molar-refractivity contribution in [3.05, 3.63) is 99.0 Å². The quantitative estimate of drug-likeness (QED) is 0.506. The second-order valence-corrected chi connectivity index (χ2v) is 8.76. The molecule has 1 heterocycles. The molecule has 1 aliphatic heterocycles. The Kier molecular flexibility index (Phi) is 7.20. The van der Waals surface area contributed by atoms with E-state index in [2.05, 4.69) is 5.32 Å². The molecule has 0 aromatic heterocycles. The zero-order valence-corrected chi connectivity index (χ0v) is 19.9. The zero-order chi connectivity index (χ0) is 24.2. The minimum absolute atomic E-state index is 0.0303. The molecule has 0 aliphatic carbocycles. The lowest BCUT2D eigenvalue weighted by molar-refractivity contribution is -0.142. The number of ether oxygens (including phenoxy) is 1. The highest BCUT2D eigenvalue weighted by atomic mass is 35.5. The average Bonchev–Trinajstić information content (AvgIpc) is 2.83. The van der Waals surface area contributed by atoms with Gasteiger partial charge in [-0.25, -0.2) is 4.79 Å². The number of carbonyl (C=O) groups excluding carboxylic acids is 3. The van der Waals surface area contributed by atoms with Gasteiger partial charge in [0.15, 0.2) is 0 Å². The number of fused-ring (bicyclic) bond motifs is 1. The van der Waals surface area contributed by atoms with Crippen molar-refractivity contribution in [3.63, 3.8) is 0 Å². The van der Waals surface area contributed by atoms with Crippen LogP contribution in [-0.4, -0.2) is 30.9 Å². The van der Waals surface area contributed by atoms with Gasteiger partial charge >= 0.3 is 5.97 Å². The minimum atomic E-state index is -0.945. The van der Waals surface area contributed by atoms with Crippen LogP contribution < -0.4 is 10.2 Å². The molecule has 1 aliphatic rings. The molecular weight excluding hydrogens is 475 g/mol. The average molecular weight is 497 g/mol. The van der Waals surface area contributed by atoms with Crippen LogP contribution in [0.25, 0.3) is 0 Å². The maximum atomic E-state index is 12.8. The summed E-state index contributed by atoms with van der Waals surface area (Å²) in [6, 6.07) is 19.0. The molecule has 2 amide bonds. The summed E-state index contributed by atoms with van der Waals surface area (Å²) in [7, 11) is 1.26. The number of methoxy groups -OCH3 is 1. The Morgan fingerprint density at radius 1 is 0.971 bits per heavy atom. The fourth-order valence-electron chi connectivity index (χ4n) is 3.96. The summed E-state index contributed by atoms with van der Waals surface area (Å²) in [4.78, 5) is 39.5. The van der Waals surface area contributed by atoms with Crippen LogP contribution in [0, 0.1) is 0 Å². The molecule has 0 saturated heterocycles. The van der Waals surface area contributed by atoms with Gasteiger partial charge in [0.2, 0.25) is 5.91 Å². The van der Waals surface area contributed by atoms with Crippen molar-refractivity contribution >= 4 is 46.7 Å². The number of benzene rings is 3. The van der Waals surface area contributed by atoms with E-state index in [4.69, 9.17) is 27.9 Å². The lowest BCUT2D eigenvalue weighted by Gasteiger charge is -2.29. The number of halogens is 2. The fraction of sp³-hybridized carbons (Fsp3) is 0.192. The summed E-state index contributed by atoms with van der Waals surface area (Å²) in [6.45, 7) is 0.508. The first-order valence-corrected chi connectivity index (χ1v) is 11.4. The van der Waals surface area contributed by atoms with Gasteiger partial charge in [-0.1, -0.05) is 65.7 Å². The van der Waals surface area contributed by atoms with Crippen molar-refractivity contribution in [3.8, 4) is 0 Å². The normalized spacial score (nSPS) is 13.7. The van der Waals surface area contributed by atoms with Gasteiger partial charge < -0.3 is 15.0 Å². The van der Waals surface area contributed by atoms with Gasteiger partial charge in [0, 0.05) is 12.1 Å². The van der Waals surface area contributed by atoms with E-state index in [1.165, 1.54) is 7.11 Å². The number of hydrogen-bond donors (Lipinski definition) is 1. The lowest BCUT2D eigenvalue weighted by atomic mass is 9.98. The summed E-state index contributed by atoms with van der Waals surface area (Å²) in [5, 5.41) is 3.04. The summed E-state index contributed by atoms with van der Waals surface area (Å²) < 4.78 is 4.88. The van der Waals surface area contributed by atoms with Crippen molar-refractivity contribution in [1.29, 1.82) is 0 Å². The number of nitrogens with one attached hydrogen (secondary N) is 1. The highest BCUT2D eigenvalue weighted by Crippen LogP contribution is 2.27. The van der Waals surface area contributed by atoms with E-state index in [-0.39, 0.29) is 27.9 Å². The van der Waals surface area contributed by atoms with Gasteiger partial charge in [0.1, 0.15) is 6.04 Å². The molecule has 0 spiro atoms. The Morgan fingerprint density at radius 2 is 1.62 bits per heavy atom. The highest BCUT2D eigenvalue weighted by molar-refractivity contribution is 6.39. The predicted molar refractivity (Wildman–Crippen MR) is 131 cm³/mol. The standard InChI is InChI=1S/C26H22Cl2N2O4/c1-34-26(33)22(29-25(32)24-20(27)7-4-8-21(24)28)13-16-9-11-19(12-10-16)30-15-18-6-3-2-5-17(18)14-23(30)31/h2-12,22H,13-15H2,1H3,(H,29,32)/t22-/m0/s1. The van der Waals surface area contributed by atoms with Gasteiger partial charge in [-0.15, -0.1) is 0 Å². The first kappa shape index (κ1) is 23.8. The molecular formula is C26H22Cl2N2O4. The Labute approximate surface area is 207 Å². The van der Waals surface area contributed by atoms with Gasteiger partial charge in [-0.2, -0.15) is 0 Å². The first-order chi connectivity index (χ1) is 16.4. The molecule has 8 heteroatoms. The minimum Gasteiger partial charge on any atom is -0.467 e. The van der Waals surface area contributed by atoms with E-state index in [1.54, 1.807) is 23.1 Å². The van der Waals surface area contributed by atoms with Crippen LogP contribution in [0.4, 0.5) is 5.69 Å². The summed E-state index contributed by atoms with van der Waals surface area (Å²) in [5.41, 5.74) is 3.83. The number of amides is 2. The number of anilines is 1. The van der Waals surface area contributed by atoms with E-state index in [0.29, 0.717) is 13.0 Å². The summed E-state index contributed by atoms with van der Waals surface area (Å²) in [6.07, 6.45) is 0.552. The van der Waals surface area contributed by atoms with Gasteiger partial charge in [-0.3, -0.25) is 9.59 Å². The van der Waals surface area contributed by atoms with E-state index in [1.807, 2.05) is 48.5 Å². The molecule has 4 rings (SSSR count). The molecule has 1 atom stereocenters. The molecule has 174 valence electrons. The van der Waals surface area contributed by atoms with Gasteiger partial charge in [-0.05, 0) is 41.0 Å². The number of esters is 1. The smallest absolute Gasteiger partial charge is 0.328 e. The Morgan fingerprint density at radius 3 is 2.26 bits per heavy atom. The second kappa shape index (κ2) is 10.3. The Bertz CT molecular complexity index is 1220. The molecule has 0 fully saturated rings. The van der Waals surface area contributed by atoms with Crippen LogP contribution in [0.1, 0.15) is 27.0 Å². The molecule has 34 heavy (non-hydrogen) atoms. The van der Waals surface area contributed by atoms with Crippen molar-refractivity contribution in [1.82, 2.24) is 5.32 Å². The van der Waals surface area contributed by atoms with Crippen LogP contribution in [0.2, 0.25) is 10.0 Å². The lowest BCUT2D eigenvalue weighted by Crippen LogP contribution is -2.43. The first-order valence-electron chi connectivity index (χ1n) is 10.7. The van der Waals surface area contributed by atoms with E-state index < -0.39 is 17.9 Å². The molecule has 6 nitrogen and oxygen atoms in total. The molecule has 0 bridgehead atoms. The van der Waals surface area contributed by atoms with Crippen LogP contribution in [-0.2, 0) is 33.7 Å². The molecule has 3 aromatic rings. The van der Waals surface area contributed by atoms with Gasteiger partial charge in [0.25, 0.3) is 5.91 Å². The predicted octanol–water partition coefficient (Wildman–Crippen LogP) is 4.60. The molecule has 1 N–H and O–H groups in total. The third kappa shape index (κ3) is 5.08. The third-order valence-electron chi connectivity index (χ3n) is 5.76. The van der Waals surface area contributed by atoms with Crippen LogP contribution in [0.15, 0.2) is 66.7 Å². The topological polar surface area (TPSA) is 75.7 Å². The third-order valence-corrected chi connectivity index (χ3v) is 6.39. The summed E-state index contributed by atoms with van der Waals surface area (Å²) >= 11 is 12.2. The van der Waals surface area contributed by atoms with E-state index >= 15 is 0 Å². The van der Waals surface area contributed by atoms with Crippen molar-refractivity contribution in [2.45, 2.75) is 25.4 Å². The van der Waals surface area contributed by atoms with Crippen molar-refractivity contribution in [2.75, 3.05) is 12.0 Å². The number of nitrogens with zero attached hydrogens (tertiary/aromatic N) is 1. The number of carbonyl (C=O) groups is 3. The van der Waals surface area contributed by atoms with Crippen LogP contribution in [0.5, 0.6) is 0 Å². The maximum absolute atomic E-state index is 12.8. The van der Waals surface area contributed by atoms with Crippen molar-refractivity contribution < 1.29 is 19.1 Å². The molecule has 0 saturated carbocycles. The van der Waals surface area contributed by atoms with Crippen LogP contribution >= 0.6 is 23.2 Å².